The van der Waals surface area contributed by atoms with Crippen LogP contribution in [0.1, 0.15) is 16.1 Å². The van der Waals surface area contributed by atoms with Crippen molar-refractivity contribution in [2.75, 3.05) is 6.54 Å². The number of pyridine rings is 1. The fraction of sp³-hybridized carbons (Fsp3) is 0.176. The topological polar surface area (TPSA) is 76.9 Å². The predicted octanol–water partition coefficient (Wildman–Crippen LogP) is 1.53. The summed E-state index contributed by atoms with van der Waals surface area (Å²) < 4.78 is 1.68. The molecule has 6 nitrogen and oxygen atoms in total. The van der Waals surface area contributed by atoms with Crippen molar-refractivity contribution in [3.63, 3.8) is 0 Å². The first-order chi connectivity index (χ1) is 11.2. The Morgan fingerprint density at radius 1 is 1.26 bits per heavy atom. The summed E-state index contributed by atoms with van der Waals surface area (Å²) in [7, 11) is 0. The number of benzene rings is 1. The van der Waals surface area contributed by atoms with Gasteiger partial charge in [0.25, 0.3) is 11.5 Å². The molecule has 0 saturated heterocycles. The molecule has 0 radical (unpaired) electrons. The number of aryl methyl sites for hydroxylation is 1. The summed E-state index contributed by atoms with van der Waals surface area (Å²) in [6.45, 7) is 2.53. The van der Waals surface area contributed by atoms with Crippen LogP contribution in [0.3, 0.4) is 0 Å². The monoisotopic (exact) mass is 308 g/mol. The second-order valence-corrected chi connectivity index (χ2v) is 5.19. The largest absolute Gasteiger partial charge is 0.349 e. The van der Waals surface area contributed by atoms with Crippen LogP contribution in [0.25, 0.3) is 10.9 Å². The molecule has 0 saturated carbocycles. The molecule has 3 aromatic rings. The number of para-hydroxylation sites is 1. The molecule has 0 aliphatic carbocycles. The molecular formula is C17H16N4O2. The van der Waals surface area contributed by atoms with Crippen LogP contribution in [0.4, 0.5) is 0 Å². The minimum absolute atomic E-state index is 0.0440. The van der Waals surface area contributed by atoms with Crippen LogP contribution in [0, 0.1) is 6.92 Å². The molecule has 6 heteroatoms. The Morgan fingerprint density at radius 2 is 2.09 bits per heavy atom. The highest BCUT2D eigenvalue weighted by atomic mass is 16.2. The zero-order valence-corrected chi connectivity index (χ0v) is 12.7. The van der Waals surface area contributed by atoms with Gasteiger partial charge < -0.3 is 9.88 Å². The molecule has 1 aromatic carbocycles. The van der Waals surface area contributed by atoms with Crippen LogP contribution in [-0.2, 0) is 6.54 Å². The van der Waals surface area contributed by atoms with E-state index in [-0.39, 0.29) is 17.2 Å². The summed E-state index contributed by atoms with van der Waals surface area (Å²) in [6.07, 6.45) is 4.38. The summed E-state index contributed by atoms with van der Waals surface area (Å²) in [6, 6.07) is 9.58. The standard InChI is InChI=1S/C17H16N4O2/c1-12-10-13-4-2-3-5-15(13)21(17(12)23)9-8-20-16(22)14-11-18-6-7-19-14/h2-7,10-11H,8-9H2,1H3,(H,20,22). The van der Waals surface area contributed by atoms with E-state index in [1.807, 2.05) is 30.3 Å². The summed E-state index contributed by atoms with van der Waals surface area (Å²) in [4.78, 5) is 32.1. The summed E-state index contributed by atoms with van der Waals surface area (Å²) in [5, 5.41) is 3.76. The maximum Gasteiger partial charge on any atom is 0.271 e. The van der Waals surface area contributed by atoms with Gasteiger partial charge in [0.1, 0.15) is 5.69 Å². The minimum atomic E-state index is -0.303. The number of fused-ring (bicyclic) bond motifs is 1. The Balaban J connectivity index is 1.79. The lowest BCUT2D eigenvalue weighted by atomic mass is 10.1. The SMILES string of the molecule is Cc1cc2ccccc2n(CCNC(=O)c2cnccn2)c1=O. The van der Waals surface area contributed by atoms with Gasteiger partial charge in [-0.15, -0.1) is 0 Å². The molecule has 23 heavy (non-hydrogen) atoms. The summed E-state index contributed by atoms with van der Waals surface area (Å²) in [5.41, 5.74) is 1.76. The molecule has 0 spiro atoms. The van der Waals surface area contributed by atoms with E-state index in [4.69, 9.17) is 0 Å². The second kappa shape index (κ2) is 6.39. The van der Waals surface area contributed by atoms with Crippen LogP contribution in [0.2, 0.25) is 0 Å². The predicted molar refractivity (Wildman–Crippen MR) is 87.3 cm³/mol. The van der Waals surface area contributed by atoms with E-state index in [0.717, 1.165) is 10.9 Å². The van der Waals surface area contributed by atoms with Crippen LogP contribution >= 0.6 is 0 Å². The van der Waals surface area contributed by atoms with Gasteiger partial charge in [0.2, 0.25) is 0 Å². The van der Waals surface area contributed by atoms with E-state index in [1.165, 1.54) is 18.6 Å². The summed E-state index contributed by atoms with van der Waals surface area (Å²) in [5.74, 6) is -0.303. The number of amides is 1. The van der Waals surface area contributed by atoms with E-state index in [2.05, 4.69) is 15.3 Å². The van der Waals surface area contributed by atoms with Gasteiger partial charge in [-0.2, -0.15) is 0 Å². The quantitative estimate of drug-likeness (QED) is 0.793. The Bertz CT molecular complexity index is 903. The molecule has 1 N–H and O–H groups in total. The number of carbonyl (C=O) groups excluding carboxylic acids is 1. The van der Waals surface area contributed by atoms with Gasteiger partial charge in [0.15, 0.2) is 0 Å². The Morgan fingerprint density at radius 3 is 2.87 bits per heavy atom. The molecule has 0 aliphatic heterocycles. The zero-order valence-electron chi connectivity index (χ0n) is 12.7. The molecule has 0 fully saturated rings. The van der Waals surface area contributed by atoms with Gasteiger partial charge in [-0.05, 0) is 24.4 Å². The van der Waals surface area contributed by atoms with Gasteiger partial charge in [-0.3, -0.25) is 14.6 Å². The third-order valence-corrected chi connectivity index (χ3v) is 3.60. The minimum Gasteiger partial charge on any atom is -0.349 e. The number of carbonyl (C=O) groups is 1. The van der Waals surface area contributed by atoms with Crippen molar-refractivity contribution in [3.05, 3.63) is 70.5 Å². The highest BCUT2D eigenvalue weighted by Crippen LogP contribution is 2.12. The molecule has 0 unspecified atom stereocenters. The van der Waals surface area contributed by atoms with Gasteiger partial charge in [-0.1, -0.05) is 18.2 Å². The number of nitrogens with one attached hydrogen (secondary N) is 1. The van der Waals surface area contributed by atoms with E-state index < -0.39 is 0 Å². The maximum absolute atomic E-state index is 12.4. The zero-order chi connectivity index (χ0) is 16.2. The third kappa shape index (κ3) is 3.11. The van der Waals surface area contributed by atoms with Gasteiger partial charge in [0, 0.05) is 31.0 Å². The van der Waals surface area contributed by atoms with Crippen LogP contribution in [0.15, 0.2) is 53.7 Å². The number of hydrogen-bond acceptors (Lipinski definition) is 4. The smallest absolute Gasteiger partial charge is 0.271 e. The molecular weight excluding hydrogens is 292 g/mol. The average Bonchev–Trinajstić information content (AvgIpc) is 2.59. The lowest BCUT2D eigenvalue weighted by molar-refractivity contribution is 0.0947. The number of aromatic nitrogens is 3. The number of rotatable bonds is 4. The molecule has 0 atom stereocenters. The average molecular weight is 308 g/mol. The molecule has 1 amide bonds. The van der Waals surface area contributed by atoms with Crippen molar-refractivity contribution < 1.29 is 4.79 Å². The maximum atomic E-state index is 12.4. The van der Waals surface area contributed by atoms with E-state index in [1.54, 1.807) is 11.5 Å². The van der Waals surface area contributed by atoms with Crippen molar-refractivity contribution >= 4 is 16.8 Å². The fourth-order valence-corrected chi connectivity index (χ4v) is 2.48. The normalized spacial score (nSPS) is 10.7. The third-order valence-electron chi connectivity index (χ3n) is 3.60. The van der Waals surface area contributed by atoms with E-state index >= 15 is 0 Å². The van der Waals surface area contributed by atoms with Crippen molar-refractivity contribution in [1.82, 2.24) is 19.9 Å². The van der Waals surface area contributed by atoms with Crippen molar-refractivity contribution in [1.29, 1.82) is 0 Å². The first kappa shape index (κ1) is 14.9. The summed E-state index contributed by atoms with van der Waals surface area (Å²) >= 11 is 0. The van der Waals surface area contributed by atoms with Crippen molar-refractivity contribution in [2.24, 2.45) is 0 Å². The van der Waals surface area contributed by atoms with Crippen molar-refractivity contribution in [3.8, 4) is 0 Å². The van der Waals surface area contributed by atoms with Gasteiger partial charge in [0.05, 0.1) is 11.7 Å². The molecule has 3 rings (SSSR count). The van der Waals surface area contributed by atoms with Crippen molar-refractivity contribution in [2.45, 2.75) is 13.5 Å². The molecule has 116 valence electrons. The van der Waals surface area contributed by atoms with Crippen LogP contribution in [-0.4, -0.2) is 27.0 Å². The molecule has 2 aromatic heterocycles. The lowest BCUT2D eigenvalue weighted by Crippen LogP contribution is -2.32. The van der Waals surface area contributed by atoms with E-state index in [0.29, 0.717) is 18.7 Å². The molecule has 0 aliphatic rings. The molecule has 0 bridgehead atoms. The Hall–Kier alpha value is -3.02. The van der Waals surface area contributed by atoms with Crippen LogP contribution in [0.5, 0.6) is 0 Å². The lowest BCUT2D eigenvalue weighted by Gasteiger charge is -2.12. The molecule has 2 heterocycles. The van der Waals surface area contributed by atoms with Gasteiger partial charge >= 0.3 is 0 Å². The first-order valence-corrected chi connectivity index (χ1v) is 7.30. The highest BCUT2D eigenvalue weighted by molar-refractivity contribution is 5.91. The highest BCUT2D eigenvalue weighted by Gasteiger charge is 2.08. The van der Waals surface area contributed by atoms with Crippen LogP contribution < -0.4 is 10.9 Å². The van der Waals surface area contributed by atoms with Gasteiger partial charge in [-0.25, -0.2) is 4.98 Å². The second-order valence-electron chi connectivity index (χ2n) is 5.19. The Kier molecular flexibility index (Phi) is 4.14. The fourth-order valence-electron chi connectivity index (χ4n) is 2.48. The first-order valence-electron chi connectivity index (χ1n) is 7.30. The van der Waals surface area contributed by atoms with E-state index in [9.17, 15) is 9.59 Å². The Labute approximate surface area is 132 Å². The number of hydrogen-bond donors (Lipinski definition) is 1. The number of nitrogens with zero attached hydrogens (tertiary/aromatic N) is 3.